The van der Waals surface area contributed by atoms with Crippen LogP contribution in [0.1, 0.15) is 77.8 Å². The Morgan fingerprint density at radius 2 is 1.23 bits per heavy atom. The number of carbonyl (C=O) groups is 6. The number of carboxylic acid groups (broad SMARTS) is 1. The first kappa shape index (κ1) is 48.2. The van der Waals surface area contributed by atoms with E-state index in [1.807, 2.05) is 48.5 Å². The molecule has 0 radical (unpaired) electrons. The van der Waals surface area contributed by atoms with Crippen LogP contribution in [0.5, 0.6) is 0 Å². The van der Waals surface area contributed by atoms with Crippen molar-refractivity contribution in [3.8, 4) is 0 Å². The first-order chi connectivity index (χ1) is 31.1. The average Bonchev–Trinajstić information content (AvgIpc) is 4.23. The molecule has 0 unspecified atom stereocenters. The molecule has 2 aromatic heterocycles. The molecule has 2 saturated carbocycles. The molecule has 0 spiro atoms. The third kappa shape index (κ3) is 13.2. The van der Waals surface area contributed by atoms with Crippen LogP contribution in [0.3, 0.4) is 0 Å². The zero-order valence-corrected chi connectivity index (χ0v) is 37.4. The van der Waals surface area contributed by atoms with E-state index in [1.54, 1.807) is 50.7 Å². The fraction of sp³-hybridized carbons (Fsp3) is 0.306. The van der Waals surface area contributed by atoms with Gasteiger partial charge in [-0.1, -0.05) is 83.9 Å². The van der Waals surface area contributed by atoms with Gasteiger partial charge in [0.15, 0.2) is 11.6 Å². The zero-order valence-electron chi connectivity index (χ0n) is 35.9. The number of carboxylic acids is 1. The molecule has 4 aromatic carbocycles. The highest BCUT2D eigenvalue weighted by Gasteiger charge is 2.34. The van der Waals surface area contributed by atoms with Gasteiger partial charge in [-0.25, -0.2) is 8.78 Å². The third-order valence-corrected chi connectivity index (χ3v) is 11.5. The second kappa shape index (κ2) is 22.1. The Kier molecular flexibility index (Phi) is 16.4. The van der Waals surface area contributed by atoms with Crippen LogP contribution in [0, 0.1) is 11.6 Å². The number of halogens is 4. The van der Waals surface area contributed by atoms with Crippen LogP contribution in [0.2, 0.25) is 10.0 Å². The number of rotatable bonds is 17. The molecule has 0 atom stereocenters. The Morgan fingerprint density at radius 3 is 1.75 bits per heavy atom. The largest absolute Gasteiger partial charge is 0.480 e. The number of aryl methyl sites for hydroxylation is 1. The predicted octanol–water partition coefficient (Wildman–Crippen LogP) is 8.61. The van der Waals surface area contributed by atoms with E-state index < -0.39 is 17.6 Å². The van der Waals surface area contributed by atoms with Gasteiger partial charge in [0.05, 0.1) is 23.1 Å². The minimum Gasteiger partial charge on any atom is -0.480 e. The van der Waals surface area contributed by atoms with Crippen LogP contribution in [0.15, 0.2) is 97.3 Å². The molecule has 65 heavy (non-hydrogen) atoms. The smallest absolute Gasteiger partial charge is 0.323 e. The van der Waals surface area contributed by atoms with Crippen molar-refractivity contribution in [2.45, 2.75) is 84.1 Å². The van der Waals surface area contributed by atoms with Gasteiger partial charge in [-0.15, -0.1) is 0 Å². The van der Waals surface area contributed by atoms with Crippen molar-refractivity contribution < 1.29 is 42.7 Å². The normalized spacial score (nSPS) is 13.0. The minimum absolute atomic E-state index is 0.00425. The lowest BCUT2D eigenvalue weighted by Gasteiger charge is -2.22. The van der Waals surface area contributed by atoms with Gasteiger partial charge in [-0.2, -0.15) is 0 Å². The number of Topliss-reactive ketones (excluding diaryl/α,β-unsaturated/α-hetero) is 3. The van der Waals surface area contributed by atoms with E-state index in [0.717, 1.165) is 47.5 Å². The summed E-state index contributed by atoms with van der Waals surface area (Å²) in [6, 6.07) is 24.8. The van der Waals surface area contributed by atoms with Crippen molar-refractivity contribution in [1.29, 1.82) is 0 Å². The Morgan fingerprint density at radius 1 is 0.708 bits per heavy atom. The van der Waals surface area contributed by atoms with Crippen molar-refractivity contribution in [2.75, 3.05) is 13.1 Å². The summed E-state index contributed by atoms with van der Waals surface area (Å²) < 4.78 is 30.9. The summed E-state index contributed by atoms with van der Waals surface area (Å²) in [7, 11) is 0. The number of hydrogen-bond acceptors (Lipinski definition) is 7. The number of nitrogens with zero attached hydrogens (tertiary/aromatic N) is 3. The van der Waals surface area contributed by atoms with Crippen molar-refractivity contribution in [3.05, 3.63) is 141 Å². The molecule has 0 aliphatic heterocycles. The summed E-state index contributed by atoms with van der Waals surface area (Å²) in [6.07, 6.45) is 8.07. The highest BCUT2D eigenvalue weighted by atomic mass is 35.5. The molecule has 2 aliphatic rings. The summed E-state index contributed by atoms with van der Waals surface area (Å²) >= 11 is 11.4. The summed E-state index contributed by atoms with van der Waals surface area (Å²) in [5.74, 6) is -2.46. The van der Waals surface area contributed by atoms with Crippen LogP contribution >= 0.6 is 23.2 Å². The SMILES string of the molecule is CC(=O)c1cn(CC(=O)N(CC(=O)NCc2cccc(Cl)c2F)C2CC2)c2ccccc12.CC(=O)c1cn(CC(=O)O)c2ccccc12.O=C(CCc1cccc(Cl)c1F)CNC1CC1. The molecular formula is C49H49Cl2F2N5O7. The van der Waals surface area contributed by atoms with Crippen molar-refractivity contribution in [2.24, 2.45) is 0 Å². The first-order valence-corrected chi connectivity index (χ1v) is 21.9. The molecule has 12 nitrogen and oxygen atoms in total. The molecule has 2 heterocycles. The van der Waals surface area contributed by atoms with E-state index >= 15 is 0 Å². The molecule has 340 valence electrons. The number of para-hydroxylation sites is 2. The summed E-state index contributed by atoms with van der Waals surface area (Å²) in [4.78, 5) is 72.8. The summed E-state index contributed by atoms with van der Waals surface area (Å²) in [5, 5.41) is 16.3. The number of hydrogen-bond donors (Lipinski definition) is 3. The molecule has 0 saturated heterocycles. The molecule has 3 N–H and O–H groups in total. The van der Waals surface area contributed by atoms with E-state index in [9.17, 15) is 37.5 Å². The van der Waals surface area contributed by atoms with Gasteiger partial charge in [-0.3, -0.25) is 28.8 Å². The fourth-order valence-corrected chi connectivity index (χ4v) is 7.63. The predicted molar refractivity (Wildman–Crippen MR) is 245 cm³/mol. The van der Waals surface area contributed by atoms with E-state index in [-0.39, 0.29) is 77.0 Å². The second-order valence-electron chi connectivity index (χ2n) is 16.0. The highest BCUT2D eigenvalue weighted by Crippen LogP contribution is 2.29. The van der Waals surface area contributed by atoms with E-state index in [1.165, 1.54) is 26.0 Å². The molecule has 16 heteroatoms. The lowest BCUT2D eigenvalue weighted by Crippen LogP contribution is -2.43. The van der Waals surface area contributed by atoms with Crippen molar-refractivity contribution in [1.82, 2.24) is 24.7 Å². The Hall–Kier alpha value is -6.22. The molecule has 2 fully saturated rings. The number of fused-ring (bicyclic) bond motifs is 2. The van der Waals surface area contributed by atoms with Crippen LogP contribution in [0.25, 0.3) is 21.8 Å². The minimum atomic E-state index is -0.921. The number of nitrogens with one attached hydrogen (secondary N) is 2. The Balaban J connectivity index is 0.000000178. The fourth-order valence-electron chi connectivity index (χ4n) is 7.24. The molecule has 2 aliphatic carbocycles. The standard InChI is InChI=1S/C24H23ClFN3O3.C13H15ClFNO.C12H11NO3/c1-15(30)19-12-28(21-8-3-2-6-18(19)21)14-23(32)29(17-9-10-17)13-22(31)27-11-16-5-4-7-20(25)24(16)26;14-12-3-1-2-9(13(12)15)4-7-11(17)8-16-10-5-6-10;1-8(14)10-6-13(7-12(15)16)11-5-3-2-4-9(10)11/h2-8,12,17H,9-11,13-14H2,1H3,(H,27,31);1-3,10,16H,4-8H2;2-6H,7H2,1H3,(H,15,16). The lowest BCUT2D eigenvalue weighted by atomic mass is 10.1. The van der Waals surface area contributed by atoms with Crippen molar-refractivity contribution in [3.63, 3.8) is 0 Å². The van der Waals surface area contributed by atoms with Gasteiger partial charge in [0, 0.05) is 75.9 Å². The van der Waals surface area contributed by atoms with Crippen LogP contribution in [-0.4, -0.2) is 79.4 Å². The maximum absolute atomic E-state index is 14.0. The highest BCUT2D eigenvalue weighted by molar-refractivity contribution is 6.31. The van der Waals surface area contributed by atoms with Gasteiger partial charge < -0.3 is 29.8 Å². The summed E-state index contributed by atoms with van der Waals surface area (Å²) in [6.45, 7) is 3.15. The number of amides is 2. The molecule has 8 rings (SSSR count). The molecule has 0 bridgehead atoms. The number of carbonyl (C=O) groups excluding carboxylic acids is 5. The van der Waals surface area contributed by atoms with Gasteiger partial charge in [-0.05, 0) is 75.8 Å². The maximum Gasteiger partial charge on any atom is 0.323 e. The van der Waals surface area contributed by atoms with E-state index in [4.69, 9.17) is 28.3 Å². The maximum atomic E-state index is 14.0. The number of ketones is 3. The second-order valence-corrected chi connectivity index (χ2v) is 16.8. The zero-order chi connectivity index (χ0) is 46.8. The van der Waals surface area contributed by atoms with E-state index in [2.05, 4.69) is 10.6 Å². The quantitative estimate of drug-likeness (QED) is 0.0768. The molecule has 2 amide bonds. The number of aliphatic carboxylic acids is 1. The molecule has 6 aromatic rings. The number of benzene rings is 4. The van der Waals surface area contributed by atoms with Gasteiger partial charge in [0.1, 0.15) is 30.5 Å². The topological polar surface area (TPSA) is 160 Å². The average molecular weight is 929 g/mol. The van der Waals surface area contributed by atoms with Gasteiger partial charge in [0.2, 0.25) is 11.8 Å². The van der Waals surface area contributed by atoms with Crippen LogP contribution in [-0.2, 0) is 45.2 Å². The van der Waals surface area contributed by atoms with Crippen molar-refractivity contribution >= 4 is 80.1 Å². The Labute approximate surface area is 384 Å². The summed E-state index contributed by atoms with van der Waals surface area (Å²) in [5.41, 5.74) is 3.49. The first-order valence-electron chi connectivity index (χ1n) is 21.2. The third-order valence-electron chi connectivity index (χ3n) is 10.9. The Bertz CT molecular complexity index is 2740. The lowest BCUT2D eigenvalue weighted by molar-refractivity contribution is -0.137. The van der Waals surface area contributed by atoms with Crippen LogP contribution in [0.4, 0.5) is 8.78 Å². The van der Waals surface area contributed by atoms with E-state index in [0.29, 0.717) is 42.1 Å². The van der Waals surface area contributed by atoms with Gasteiger partial charge in [0.25, 0.3) is 0 Å². The monoisotopic (exact) mass is 927 g/mol. The number of aromatic nitrogens is 2. The van der Waals surface area contributed by atoms with Crippen LogP contribution < -0.4 is 10.6 Å². The molecular weight excluding hydrogens is 879 g/mol. The van der Waals surface area contributed by atoms with Gasteiger partial charge >= 0.3 is 5.97 Å².